The lowest BCUT2D eigenvalue weighted by atomic mass is 9.95. The molecule has 12 nitrogen and oxygen atoms in total. The molecule has 0 radical (unpaired) electrons. The van der Waals surface area contributed by atoms with E-state index in [0.717, 1.165) is 92.8 Å². The summed E-state index contributed by atoms with van der Waals surface area (Å²) in [5, 5.41) is 12.5. The Morgan fingerprint density at radius 3 is 1.15 bits per heavy atom. The third-order valence-corrected chi connectivity index (χ3v) is 14.3. The van der Waals surface area contributed by atoms with Crippen LogP contribution in [0.3, 0.4) is 0 Å². The van der Waals surface area contributed by atoms with E-state index in [1.807, 2.05) is 92.8 Å². The fourth-order valence-electron chi connectivity index (χ4n) is 9.34. The molecule has 0 atom stereocenters. The molecule has 396 valence electrons. The lowest BCUT2D eigenvalue weighted by Gasteiger charge is -2.14. The Balaban J connectivity index is 0.000000136. The summed E-state index contributed by atoms with van der Waals surface area (Å²) in [7, 11) is 0. The van der Waals surface area contributed by atoms with E-state index < -0.39 is 5.91 Å². The fourth-order valence-corrected chi connectivity index (χ4v) is 9.66. The molecule has 0 saturated heterocycles. The normalized spacial score (nSPS) is 10.9. The summed E-state index contributed by atoms with van der Waals surface area (Å²) in [6.45, 7) is 6.09. The van der Waals surface area contributed by atoms with Crippen LogP contribution in [0.15, 0.2) is 187 Å². The highest BCUT2D eigenvalue weighted by molar-refractivity contribution is 9.10. The minimum Gasteiger partial charge on any atom is -0.383 e. The first-order chi connectivity index (χ1) is 39.0. The Morgan fingerprint density at radius 1 is 0.444 bits per heavy atom. The largest absolute Gasteiger partial charge is 0.383 e. The van der Waals surface area contributed by atoms with E-state index in [0.29, 0.717) is 39.6 Å². The van der Waals surface area contributed by atoms with Gasteiger partial charge in [0.25, 0.3) is 5.91 Å². The number of nitrogen functional groups attached to an aromatic ring is 3. The number of carbonyl (C=O) groups is 1. The molecule has 12 aromatic rings. The number of hydrogen-bond donors (Lipinski definition) is 4. The molecule has 16 heteroatoms. The van der Waals surface area contributed by atoms with Gasteiger partial charge in [-0.25, -0.2) is 28.1 Å². The van der Waals surface area contributed by atoms with Gasteiger partial charge in [-0.15, -0.1) is 0 Å². The molecule has 0 fully saturated rings. The molecular weight excluding hydrogens is 1090 g/mol. The number of anilines is 3. The van der Waals surface area contributed by atoms with Crippen molar-refractivity contribution in [2.24, 2.45) is 5.73 Å². The predicted octanol–water partition coefficient (Wildman–Crippen LogP) is 14.7. The lowest BCUT2D eigenvalue weighted by molar-refractivity contribution is 0.100. The van der Waals surface area contributed by atoms with Crippen LogP contribution in [-0.4, -0.2) is 35.8 Å². The molecule has 0 spiro atoms. The van der Waals surface area contributed by atoms with Crippen molar-refractivity contribution in [3.63, 3.8) is 0 Å². The maximum atomic E-state index is 13.4. The first-order valence-corrected chi connectivity index (χ1v) is 25.9. The smallest absolute Gasteiger partial charge is 0.252 e. The number of pyridine rings is 6. The van der Waals surface area contributed by atoms with Gasteiger partial charge in [-0.2, -0.15) is 5.26 Å². The van der Waals surface area contributed by atoms with Crippen LogP contribution in [-0.2, 0) is 0 Å². The van der Waals surface area contributed by atoms with Crippen LogP contribution < -0.4 is 22.9 Å². The first-order valence-electron chi connectivity index (χ1n) is 25.2. The summed E-state index contributed by atoms with van der Waals surface area (Å²) in [6.07, 6.45) is 5.35. The maximum Gasteiger partial charge on any atom is 0.252 e. The highest BCUT2D eigenvalue weighted by atomic mass is 79.9. The van der Waals surface area contributed by atoms with Crippen molar-refractivity contribution in [3.05, 3.63) is 232 Å². The zero-order valence-corrected chi connectivity index (χ0v) is 45.3. The summed E-state index contributed by atoms with van der Waals surface area (Å²) in [5.41, 5.74) is 39.0. The van der Waals surface area contributed by atoms with Crippen LogP contribution >= 0.6 is 15.9 Å². The molecule has 6 aromatic heterocycles. The Morgan fingerprint density at radius 2 is 0.778 bits per heavy atom. The minimum absolute atomic E-state index is 0.0363. The second-order valence-electron chi connectivity index (χ2n) is 19.0. The van der Waals surface area contributed by atoms with Crippen LogP contribution in [0.1, 0.15) is 32.6 Å². The van der Waals surface area contributed by atoms with E-state index in [2.05, 4.69) is 64.9 Å². The second-order valence-corrected chi connectivity index (χ2v) is 19.8. The summed E-state index contributed by atoms with van der Waals surface area (Å²) >= 11 is 3.47. The number of hydrogen-bond acceptors (Lipinski definition) is 11. The number of nitriles is 1. The van der Waals surface area contributed by atoms with E-state index in [9.17, 15) is 23.2 Å². The molecule has 0 aliphatic rings. The Kier molecular flexibility index (Phi) is 15.3. The first kappa shape index (κ1) is 54.0. The highest BCUT2D eigenvalue weighted by Gasteiger charge is 2.19. The molecule has 0 aliphatic carbocycles. The Labute approximate surface area is 471 Å². The van der Waals surface area contributed by atoms with E-state index in [-0.39, 0.29) is 34.7 Å². The average Bonchev–Trinajstić information content (AvgIpc) is 3.48. The van der Waals surface area contributed by atoms with Gasteiger partial charge in [0.2, 0.25) is 0 Å². The van der Waals surface area contributed by atoms with Gasteiger partial charge in [0.1, 0.15) is 41.0 Å². The number of nitrogens with zero attached hydrogens (tertiary/aromatic N) is 7. The number of benzene rings is 6. The number of halogens is 4. The quantitative estimate of drug-likeness (QED) is 0.117. The van der Waals surface area contributed by atoms with Gasteiger partial charge in [-0.1, -0.05) is 18.2 Å². The Hall–Kier alpha value is -10.4. The van der Waals surface area contributed by atoms with Gasteiger partial charge >= 0.3 is 0 Å². The number of rotatable bonds is 7. The van der Waals surface area contributed by atoms with Crippen molar-refractivity contribution in [1.29, 1.82) is 5.26 Å². The molecule has 0 aliphatic heterocycles. The van der Waals surface area contributed by atoms with Crippen LogP contribution in [0.4, 0.5) is 30.6 Å². The van der Waals surface area contributed by atoms with Crippen molar-refractivity contribution in [3.8, 4) is 73.2 Å². The van der Waals surface area contributed by atoms with E-state index in [1.165, 1.54) is 36.4 Å². The third kappa shape index (κ3) is 11.5. The van der Waals surface area contributed by atoms with Crippen LogP contribution in [0.2, 0.25) is 0 Å². The molecular formula is C65H47BrF3N11O. The number of aromatic nitrogens is 6. The predicted molar refractivity (Wildman–Crippen MR) is 319 cm³/mol. The molecule has 0 bridgehead atoms. The number of fused-ring (bicyclic) bond motifs is 3. The van der Waals surface area contributed by atoms with Gasteiger partial charge in [-0.3, -0.25) is 19.7 Å². The zero-order valence-electron chi connectivity index (χ0n) is 43.7. The zero-order chi connectivity index (χ0) is 57.1. The van der Waals surface area contributed by atoms with Gasteiger partial charge in [0.05, 0.1) is 49.2 Å². The van der Waals surface area contributed by atoms with Gasteiger partial charge in [0, 0.05) is 68.1 Å². The summed E-state index contributed by atoms with van der Waals surface area (Å²) in [4.78, 5) is 38.4. The molecule has 8 N–H and O–H groups in total. The minimum atomic E-state index is -0.657. The number of amides is 1. The second kappa shape index (κ2) is 22.9. The molecule has 6 heterocycles. The van der Waals surface area contributed by atoms with E-state index >= 15 is 0 Å². The summed E-state index contributed by atoms with van der Waals surface area (Å²) < 4.78 is 40.8. The topological polar surface area (TPSA) is 222 Å². The standard InChI is InChI=1S/C22H17FN4O.C22H15FN4.C21H15BrFN3/c1-12-8-9-26-19-7-4-14(10-16(12)19)17-11-18(22(25)28)21(24)27-20(17)13-2-5-15(23)6-3-13;1-13-8-9-26-20-7-4-15(10-18(13)20)19-11-16(12-24)22(25)27-21(19)14-2-5-17(23)6-3-14;1-12-8-9-25-19-7-4-14(10-16(12)19)17-11-18(22)21(24)26-20(17)13-2-5-15(23)6-3-13/h2-11H,1H3,(H2,24,27)(H2,25,28);2-11H,1H3,(H2,25,27);2-11H,1H3,(H2,24,26). The van der Waals surface area contributed by atoms with Crippen molar-refractivity contribution in [1.82, 2.24) is 29.9 Å². The van der Waals surface area contributed by atoms with Crippen LogP contribution in [0.25, 0.3) is 99.9 Å². The maximum absolute atomic E-state index is 13.4. The van der Waals surface area contributed by atoms with Crippen molar-refractivity contribution < 1.29 is 18.0 Å². The van der Waals surface area contributed by atoms with E-state index in [4.69, 9.17) is 22.9 Å². The third-order valence-electron chi connectivity index (χ3n) is 13.7. The molecule has 1 amide bonds. The fraction of sp³-hybridized carbons (Fsp3) is 0.0462. The average molecular weight is 1140 g/mol. The summed E-state index contributed by atoms with van der Waals surface area (Å²) in [6, 6.07) is 49.4. The van der Waals surface area contributed by atoms with Crippen molar-refractivity contribution >= 4 is 72.0 Å². The summed E-state index contributed by atoms with van der Waals surface area (Å²) in [5.74, 6) is -1.03. The molecule has 0 unspecified atom stereocenters. The monoisotopic (exact) mass is 1130 g/mol. The number of nitrogens with two attached hydrogens (primary N) is 4. The number of carbonyl (C=O) groups excluding carboxylic acids is 1. The van der Waals surface area contributed by atoms with Gasteiger partial charge in [-0.05, 0) is 216 Å². The lowest BCUT2D eigenvalue weighted by Crippen LogP contribution is -2.15. The van der Waals surface area contributed by atoms with Crippen LogP contribution in [0, 0.1) is 49.6 Å². The number of aryl methyl sites for hydroxylation is 3. The van der Waals surface area contributed by atoms with Crippen molar-refractivity contribution in [2.45, 2.75) is 20.8 Å². The Bertz CT molecular complexity index is 4460. The van der Waals surface area contributed by atoms with Crippen LogP contribution in [0.5, 0.6) is 0 Å². The van der Waals surface area contributed by atoms with Gasteiger partial charge in [0.15, 0.2) is 0 Å². The van der Waals surface area contributed by atoms with Gasteiger partial charge < -0.3 is 22.9 Å². The van der Waals surface area contributed by atoms with Crippen molar-refractivity contribution in [2.75, 3.05) is 17.2 Å². The van der Waals surface area contributed by atoms with E-state index in [1.54, 1.807) is 60.9 Å². The molecule has 81 heavy (non-hydrogen) atoms. The number of primary amides is 1. The molecule has 0 saturated carbocycles. The SMILES string of the molecule is Cc1ccnc2ccc(-c3cc(Br)c(N)nc3-c3ccc(F)cc3)cc12.Cc1ccnc2ccc(-c3cc(C#N)c(N)nc3-c3ccc(F)cc3)cc12.Cc1ccnc2ccc(-c3cc(C(N)=O)c(N)nc3-c3ccc(F)cc3)cc12. The molecule has 12 rings (SSSR count). The molecule has 6 aromatic carbocycles. The highest BCUT2D eigenvalue weighted by Crippen LogP contribution is 2.39.